The first-order chi connectivity index (χ1) is 9.27. The SMILES string of the molecule is CN(C)C(=O)CNC(=O)NC(C)(C(=O)O)c1ccco1. The minimum Gasteiger partial charge on any atom is -0.479 e. The molecular formula is C12H17N3O5. The second kappa shape index (κ2) is 6.09. The maximum atomic E-state index is 11.7. The van der Waals surface area contributed by atoms with Gasteiger partial charge < -0.3 is 25.1 Å². The Balaban J connectivity index is 2.71. The van der Waals surface area contributed by atoms with Crippen molar-refractivity contribution in [2.75, 3.05) is 20.6 Å². The predicted molar refractivity (Wildman–Crippen MR) is 68.9 cm³/mol. The molecule has 0 aliphatic carbocycles. The maximum Gasteiger partial charge on any atom is 0.337 e. The van der Waals surface area contributed by atoms with Crippen molar-refractivity contribution in [1.29, 1.82) is 0 Å². The van der Waals surface area contributed by atoms with Gasteiger partial charge in [-0.05, 0) is 19.1 Å². The van der Waals surface area contributed by atoms with Crippen LogP contribution in [0.5, 0.6) is 0 Å². The molecule has 0 saturated heterocycles. The molecule has 1 rings (SSSR count). The molecule has 3 amide bonds. The second-order valence-corrected chi connectivity index (χ2v) is 4.50. The maximum absolute atomic E-state index is 11.7. The van der Waals surface area contributed by atoms with Crippen LogP contribution >= 0.6 is 0 Å². The van der Waals surface area contributed by atoms with Crippen LogP contribution in [0.25, 0.3) is 0 Å². The summed E-state index contributed by atoms with van der Waals surface area (Å²) in [5.74, 6) is -1.50. The molecule has 0 aliphatic rings. The van der Waals surface area contributed by atoms with Crippen LogP contribution in [0.4, 0.5) is 4.79 Å². The summed E-state index contributed by atoms with van der Waals surface area (Å²) in [5.41, 5.74) is -1.71. The van der Waals surface area contributed by atoms with Crippen LogP contribution in [-0.4, -0.2) is 48.6 Å². The first-order valence-corrected chi connectivity index (χ1v) is 5.81. The standard InChI is InChI=1S/C12H17N3O5/c1-12(10(17)18,8-5-4-6-20-8)14-11(19)13-7-9(16)15(2)3/h4-6H,7H2,1-3H3,(H,17,18)(H2,13,14,19). The molecule has 1 heterocycles. The van der Waals surface area contributed by atoms with Crippen molar-refractivity contribution in [3.05, 3.63) is 24.2 Å². The smallest absolute Gasteiger partial charge is 0.337 e. The zero-order valence-corrected chi connectivity index (χ0v) is 11.5. The molecule has 0 aromatic carbocycles. The zero-order chi connectivity index (χ0) is 15.3. The highest BCUT2D eigenvalue weighted by atomic mass is 16.4. The van der Waals surface area contributed by atoms with E-state index in [1.165, 1.54) is 30.2 Å². The first-order valence-electron chi connectivity index (χ1n) is 5.81. The number of carbonyl (C=O) groups is 3. The van der Waals surface area contributed by atoms with Crippen molar-refractivity contribution in [3.63, 3.8) is 0 Å². The molecule has 1 aromatic heterocycles. The zero-order valence-electron chi connectivity index (χ0n) is 11.5. The molecule has 8 heteroatoms. The Bertz CT molecular complexity index is 497. The van der Waals surface area contributed by atoms with Gasteiger partial charge in [-0.1, -0.05) is 0 Å². The Kier molecular flexibility index (Phi) is 4.73. The minimum atomic E-state index is -1.71. The fraction of sp³-hybridized carbons (Fsp3) is 0.417. The lowest BCUT2D eigenvalue weighted by atomic mass is 9.99. The molecule has 110 valence electrons. The summed E-state index contributed by atoms with van der Waals surface area (Å²) in [6.07, 6.45) is 1.31. The number of likely N-dealkylation sites (N-methyl/N-ethyl adjacent to an activating group) is 1. The average molecular weight is 283 g/mol. The number of hydrogen-bond acceptors (Lipinski definition) is 4. The van der Waals surface area contributed by atoms with Crippen molar-refractivity contribution >= 4 is 17.9 Å². The number of furan rings is 1. The van der Waals surface area contributed by atoms with Crippen LogP contribution in [0.1, 0.15) is 12.7 Å². The summed E-state index contributed by atoms with van der Waals surface area (Å²) < 4.78 is 5.03. The number of urea groups is 1. The third-order valence-corrected chi connectivity index (χ3v) is 2.70. The molecule has 1 atom stereocenters. The molecule has 0 spiro atoms. The van der Waals surface area contributed by atoms with Gasteiger partial charge in [0.05, 0.1) is 12.8 Å². The number of hydrogen-bond donors (Lipinski definition) is 3. The summed E-state index contributed by atoms with van der Waals surface area (Å²) in [7, 11) is 3.10. The van der Waals surface area contributed by atoms with Gasteiger partial charge in [0.1, 0.15) is 5.76 Å². The second-order valence-electron chi connectivity index (χ2n) is 4.50. The summed E-state index contributed by atoms with van der Waals surface area (Å²) >= 11 is 0. The molecular weight excluding hydrogens is 266 g/mol. The molecule has 20 heavy (non-hydrogen) atoms. The van der Waals surface area contributed by atoms with Gasteiger partial charge in [0.25, 0.3) is 0 Å². The van der Waals surface area contributed by atoms with Crippen molar-refractivity contribution in [2.45, 2.75) is 12.5 Å². The van der Waals surface area contributed by atoms with Crippen molar-refractivity contribution in [2.24, 2.45) is 0 Å². The highest BCUT2D eigenvalue weighted by Crippen LogP contribution is 2.21. The molecule has 8 nitrogen and oxygen atoms in total. The Morgan fingerprint density at radius 1 is 1.40 bits per heavy atom. The van der Waals surface area contributed by atoms with Gasteiger partial charge in [-0.25, -0.2) is 9.59 Å². The highest BCUT2D eigenvalue weighted by molar-refractivity contribution is 5.88. The number of nitrogens with one attached hydrogen (secondary N) is 2. The van der Waals surface area contributed by atoms with Crippen LogP contribution in [0.2, 0.25) is 0 Å². The van der Waals surface area contributed by atoms with Crippen molar-refractivity contribution in [3.8, 4) is 0 Å². The van der Waals surface area contributed by atoms with Gasteiger partial charge in [-0.2, -0.15) is 0 Å². The summed E-state index contributed by atoms with van der Waals surface area (Å²) in [4.78, 5) is 35.6. The third-order valence-electron chi connectivity index (χ3n) is 2.70. The monoisotopic (exact) mass is 283 g/mol. The van der Waals surface area contributed by atoms with Crippen LogP contribution in [0.15, 0.2) is 22.8 Å². The minimum absolute atomic E-state index is 0.0825. The molecule has 1 aromatic rings. The van der Waals surface area contributed by atoms with Crippen LogP contribution < -0.4 is 10.6 Å². The van der Waals surface area contributed by atoms with Gasteiger partial charge >= 0.3 is 12.0 Å². The molecule has 0 saturated carbocycles. The molecule has 3 N–H and O–H groups in total. The summed E-state index contributed by atoms with van der Waals surface area (Å²) in [5, 5.41) is 13.8. The van der Waals surface area contributed by atoms with Gasteiger partial charge in [0.2, 0.25) is 5.91 Å². The number of carboxylic acids is 1. The fourth-order valence-corrected chi connectivity index (χ4v) is 1.37. The van der Waals surface area contributed by atoms with E-state index in [-0.39, 0.29) is 18.2 Å². The highest BCUT2D eigenvalue weighted by Gasteiger charge is 2.39. The van der Waals surface area contributed by atoms with Crippen LogP contribution in [0, 0.1) is 0 Å². The average Bonchev–Trinajstić information content (AvgIpc) is 2.89. The van der Waals surface area contributed by atoms with E-state index in [0.29, 0.717) is 0 Å². The lowest BCUT2D eigenvalue weighted by Gasteiger charge is -2.24. The topological polar surface area (TPSA) is 112 Å². The van der Waals surface area contributed by atoms with E-state index in [0.717, 1.165) is 0 Å². The van der Waals surface area contributed by atoms with E-state index < -0.39 is 17.5 Å². The molecule has 0 fully saturated rings. The Labute approximate surface area is 115 Å². The van der Waals surface area contributed by atoms with E-state index in [9.17, 15) is 19.5 Å². The quantitative estimate of drug-likeness (QED) is 0.702. The lowest BCUT2D eigenvalue weighted by Crippen LogP contribution is -2.53. The third kappa shape index (κ3) is 3.50. The van der Waals surface area contributed by atoms with Crippen LogP contribution in [0.3, 0.4) is 0 Å². The Morgan fingerprint density at radius 2 is 2.05 bits per heavy atom. The van der Waals surface area contributed by atoms with E-state index in [1.54, 1.807) is 14.1 Å². The van der Waals surface area contributed by atoms with Crippen LogP contribution in [-0.2, 0) is 15.1 Å². The Morgan fingerprint density at radius 3 is 2.50 bits per heavy atom. The van der Waals surface area contributed by atoms with Gasteiger partial charge in [0, 0.05) is 14.1 Å². The van der Waals surface area contributed by atoms with Gasteiger partial charge in [0.15, 0.2) is 5.54 Å². The summed E-state index contributed by atoms with van der Waals surface area (Å²) in [6, 6.07) is 2.19. The molecule has 0 bridgehead atoms. The van der Waals surface area contributed by atoms with Crippen molar-refractivity contribution < 1.29 is 23.9 Å². The number of carbonyl (C=O) groups excluding carboxylic acids is 2. The summed E-state index contributed by atoms with van der Waals surface area (Å²) in [6.45, 7) is 1.06. The number of nitrogens with zero attached hydrogens (tertiary/aromatic N) is 1. The largest absolute Gasteiger partial charge is 0.479 e. The lowest BCUT2D eigenvalue weighted by molar-refractivity contribution is -0.144. The van der Waals surface area contributed by atoms with E-state index >= 15 is 0 Å². The van der Waals surface area contributed by atoms with E-state index in [4.69, 9.17) is 4.42 Å². The predicted octanol–water partition coefficient (Wildman–Crippen LogP) is -0.0332. The van der Waals surface area contributed by atoms with Gasteiger partial charge in [-0.3, -0.25) is 4.79 Å². The number of carboxylic acid groups (broad SMARTS) is 1. The van der Waals surface area contributed by atoms with E-state index in [2.05, 4.69) is 10.6 Å². The number of amides is 3. The van der Waals surface area contributed by atoms with E-state index in [1.807, 2.05) is 0 Å². The Hall–Kier alpha value is -2.51. The molecule has 0 aliphatic heterocycles. The fourth-order valence-electron chi connectivity index (χ4n) is 1.37. The van der Waals surface area contributed by atoms with Crippen molar-refractivity contribution in [1.82, 2.24) is 15.5 Å². The molecule has 1 unspecified atom stereocenters. The number of rotatable bonds is 5. The normalized spacial score (nSPS) is 13.2. The van der Waals surface area contributed by atoms with Gasteiger partial charge in [-0.15, -0.1) is 0 Å². The first kappa shape index (κ1) is 15.5. The number of aliphatic carboxylic acids is 1. The molecule has 0 radical (unpaired) electrons.